The van der Waals surface area contributed by atoms with Gasteiger partial charge in [0.15, 0.2) is 5.69 Å². The van der Waals surface area contributed by atoms with Crippen molar-refractivity contribution in [1.29, 1.82) is 0 Å². The number of nitrogens with two attached hydrogens (primary N) is 1. The zero-order valence-electron chi connectivity index (χ0n) is 19.2. The summed E-state index contributed by atoms with van der Waals surface area (Å²) in [4.78, 5) is 7.26. The van der Waals surface area contributed by atoms with Crippen LogP contribution in [-0.4, -0.2) is 23.3 Å². The van der Waals surface area contributed by atoms with E-state index in [0.29, 0.717) is 27.5 Å². The van der Waals surface area contributed by atoms with E-state index in [2.05, 4.69) is 60.5 Å². The molecule has 172 valence electrons. The summed E-state index contributed by atoms with van der Waals surface area (Å²) in [6.07, 6.45) is 6.43. The number of halogens is 2. The van der Waals surface area contributed by atoms with Gasteiger partial charge in [-0.3, -0.25) is 5.41 Å². The van der Waals surface area contributed by atoms with Gasteiger partial charge in [0.25, 0.3) is 0 Å². The fraction of sp³-hybridized carbons (Fsp3) is 0.333. The predicted octanol–water partition coefficient (Wildman–Crippen LogP) is 5.93. The van der Waals surface area contributed by atoms with Crippen LogP contribution in [0.3, 0.4) is 0 Å². The Morgan fingerprint density at radius 3 is 2.48 bits per heavy atom. The Hall–Kier alpha value is -2.56. The molecule has 1 atom stereocenters. The molecule has 3 N–H and O–H groups in total. The molecule has 1 aromatic heterocycles. The van der Waals surface area contributed by atoms with Crippen molar-refractivity contribution in [2.24, 2.45) is 0 Å². The summed E-state index contributed by atoms with van der Waals surface area (Å²) in [6, 6.07) is 18.6. The van der Waals surface area contributed by atoms with Crippen LogP contribution in [0, 0.1) is 0 Å². The lowest BCUT2D eigenvalue weighted by molar-refractivity contribution is -0.111. The minimum atomic E-state index is 0.131. The van der Waals surface area contributed by atoms with Crippen molar-refractivity contribution >= 4 is 40.3 Å². The number of nitrogens with one attached hydrogen (secondary N) is 1. The lowest BCUT2D eigenvalue weighted by atomic mass is 9.95. The molecule has 0 amide bonds. The Labute approximate surface area is 206 Å². The molecule has 4 rings (SSSR count). The molecule has 33 heavy (non-hydrogen) atoms. The Bertz CT molecular complexity index is 1110. The van der Waals surface area contributed by atoms with Gasteiger partial charge in [0.05, 0.1) is 28.0 Å². The third-order valence-corrected chi connectivity index (χ3v) is 6.85. The topological polar surface area (TPSA) is 53.8 Å². The zero-order valence-corrected chi connectivity index (χ0v) is 20.7. The van der Waals surface area contributed by atoms with Crippen LogP contribution in [0.4, 0.5) is 11.4 Å². The molecule has 0 aliphatic carbocycles. The molecule has 1 aliphatic rings. The Balaban J connectivity index is 1.82. The maximum absolute atomic E-state index is 6.68. The molecule has 1 unspecified atom stereocenters. The number of pyridine rings is 1. The molecule has 0 saturated heterocycles. The molecule has 2 heterocycles. The van der Waals surface area contributed by atoms with Crippen molar-refractivity contribution in [2.75, 3.05) is 16.8 Å². The molecule has 2 aromatic carbocycles. The van der Waals surface area contributed by atoms with Crippen molar-refractivity contribution in [3.8, 4) is 0 Å². The number of hydrogen-bond donors (Lipinski definition) is 2. The van der Waals surface area contributed by atoms with Crippen LogP contribution in [0.1, 0.15) is 62.4 Å². The normalized spacial score (nSPS) is 15.3. The van der Waals surface area contributed by atoms with Crippen LogP contribution in [0.15, 0.2) is 60.8 Å². The monoisotopic (exact) mass is 481 g/mol. The average Bonchev–Trinajstić information content (AvgIpc) is 2.83. The van der Waals surface area contributed by atoms with Gasteiger partial charge in [-0.15, -0.1) is 0 Å². The smallest absolute Gasteiger partial charge is 0.233 e. The van der Waals surface area contributed by atoms with Gasteiger partial charge in [0.1, 0.15) is 0 Å². The highest BCUT2D eigenvalue weighted by molar-refractivity contribution is 6.37. The summed E-state index contributed by atoms with van der Waals surface area (Å²) in [5.41, 5.74) is 5.34. The molecular weight excluding hydrogens is 451 g/mol. The van der Waals surface area contributed by atoms with Crippen molar-refractivity contribution in [2.45, 2.75) is 51.6 Å². The van der Waals surface area contributed by atoms with E-state index < -0.39 is 0 Å². The standard InChI is InChI=1S/C27H30Cl2N4/c1-3-8-20(9-4-2)33-17-23(18-10-6-5-7-11-18)32-26-24(33)14-15-31-27(26)25(30)21-13-12-19(28)16-22(21)29/h5-7,10-16,20,23,30,32H,3-4,8-9,17H2,1-2H3/p+1. The SMILES string of the molecule is CCCC(CCC)N1CC(c2ccccc2)Nc2c1ccnc2C(=[NH2+])c1ccc(Cl)cc1Cl. The van der Waals surface area contributed by atoms with E-state index in [1.54, 1.807) is 12.1 Å². The Morgan fingerprint density at radius 1 is 1.09 bits per heavy atom. The highest BCUT2D eigenvalue weighted by Gasteiger charge is 2.33. The highest BCUT2D eigenvalue weighted by Crippen LogP contribution is 2.40. The second-order valence-corrected chi connectivity index (χ2v) is 9.43. The van der Waals surface area contributed by atoms with Gasteiger partial charge in [-0.1, -0.05) is 80.2 Å². The van der Waals surface area contributed by atoms with Gasteiger partial charge in [0, 0.05) is 23.8 Å². The quantitative estimate of drug-likeness (QED) is 0.392. The number of rotatable bonds is 8. The van der Waals surface area contributed by atoms with Crippen molar-refractivity contribution in [3.63, 3.8) is 0 Å². The van der Waals surface area contributed by atoms with E-state index in [-0.39, 0.29) is 6.04 Å². The van der Waals surface area contributed by atoms with Gasteiger partial charge >= 0.3 is 0 Å². The van der Waals surface area contributed by atoms with Crippen LogP contribution >= 0.6 is 23.2 Å². The van der Waals surface area contributed by atoms with Gasteiger partial charge in [-0.05, 0) is 42.7 Å². The Kier molecular flexibility index (Phi) is 7.56. The van der Waals surface area contributed by atoms with Gasteiger partial charge in [-0.25, -0.2) is 4.98 Å². The zero-order chi connectivity index (χ0) is 23.4. The summed E-state index contributed by atoms with van der Waals surface area (Å²) in [7, 11) is 0. The average molecular weight is 482 g/mol. The largest absolute Gasteiger partial charge is 0.373 e. The molecular formula is C27H31Cl2N4+. The summed E-state index contributed by atoms with van der Waals surface area (Å²) in [5, 5.41) is 11.5. The first-order valence-corrected chi connectivity index (χ1v) is 12.4. The summed E-state index contributed by atoms with van der Waals surface area (Å²) in [6.45, 7) is 5.41. The Morgan fingerprint density at radius 2 is 1.82 bits per heavy atom. The number of fused-ring (bicyclic) bond motifs is 1. The second kappa shape index (κ2) is 10.6. The third kappa shape index (κ3) is 5.02. The first-order valence-electron chi connectivity index (χ1n) is 11.7. The molecule has 0 bridgehead atoms. The summed E-state index contributed by atoms with van der Waals surface area (Å²) in [5.74, 6) is 0. The molecule has 4 nitrogen and oxygen atoms in total. The van der Waals surface area contributed by atoms with Gasteiger partial charge < -0.3 is 10.2 Å². The number of aromatic nitrogens is 1. The molecule has 6 heteroatoms. The fourth-order valence-electron chi connectivity index (χ4n) is 4.73. The summed E-state index contributed by atoms with van der Waals surface area (Å²) < 4.78 is 0. The first kappa shape index (κ1) is 23.6. The molecule has 3 aromatic rings. The molecule has 0 fully saturated rings. The van der Waals surface area contributed by atoms with Crippen LogP contribution in [0.2, 0.25) is 10.0 Å². The maximum Gasteiger partial charge on any atom is 0.233 e. The fourth-order valence-corrected chi connectivity index (χ4v) is 5.24. The highest BCUT2D eigenvalue weighted by atomic mass is 35.5. The van der Waals surface area contributed by atoms with E-state index in [9.17, 15) is 0 Å². The molecule has 1 aliphatic heterocycles. The van der Waals surface area contributed by atoms with Gasteiger partial charge in [0.2, 0.25) is 5.71 Å². The minimum absolute atomic E-state index is 0.131. The maximum atomic E-state index is 6.68. The van der Waals surface area contributed by atoms with Gasteiger partial charge in [-0.2, -0.15) is 0 Å². The van der Waals surface area contributed by atoms with E-state index in [4.69, 9.17) is 33.6 Å². The number of hydrogen-bond acceptors (Lipinski definition) is 3. The molecule has 0 spiro atoms. The number of benzene rings is 2. The first-order chi connectivity index (χ1) is 16.0. The van der Waals surface area contributed by atoms with E-state index >= 15 is 0 Å². The van der Waals surface area contributed by atoms with Crippen LogP contribution in [-0.2, 0) is 0 Å². The van der Waals surface area contributed by atoms with E-state index in [0.717, 1.165) is 49.2 Å². The van der Waals surface area contributed by atoms with E-state index in [1.807, 2.05) is 12.3 Å². The van der Waals surface area contributed by atoms with Crippen LogP contribution in [0.25, 0.3) is 0 Å². The molecule has 0 radical (unpaired) electrons. The van der Waals surface area contributed by atoms with Crippen LogP contribution < -0.4 is 15.6 Å². The van der Waals surface area contributed by atoms with Crippen LogP contribution in [0.5, 0.6) is 0 Å². The van der Waals surface area contributed by atoms with Crippen molar-refractivity contribution < 1.29 is 5.41 Å². The lowest BCUT2D eigenvalue weighted by Gasteiger charge is -2.42. The van der Waals surface area contributed by atoms with E-state index in [1.165, 1.54) is 5.56 Å². The lowest BCUT2D eigenvalue weighted by Crippen LogP contribution is -2.46. The summed E-state index contributed by atoms with van der Waals surface area (Å²) >= 11 is 12.6. The second-order valence-electron chi connectivity index (χ2n) is 8.58. The van der Waals surface area contributed by atoms with Crippen molar-refractivity contribution in [1.82, 2.24) is 4.98 Å². The molecule has 0 saturated carbocycles. The van der Waals surface area contributed by atoms with Crippen molar-refractivity contribution in [3.05, 3.63) is 87.7 Å². The minimum Gasteiger partial charge on any atom is -0.373 e. The predicted molar refractivity (Wildman–Crippen MR) is 140 cm³/mol. The third-order valence-electron chi connectivity index (χ3n) is 6.30. The number of anilines is 2. The number of nitrogens with zero attached hydrogens (tertiary/aromatic N) is 2.